The highest BCUT2D eigenvalue weighted by molar-refractivity contribution is 9.10. The number of amides is 3. The van der Waals surface area contributed by atoms with Gasteiger partial charge in [-0.15, -0.1) is 11.8 Å². The van der Waals surface area contributed by atoms with E-state index >= 15 is 0 Å². The van der Waals surface area contributed by atoms with Crippen LogP contribution in [0, 0.1) is 5.82 Å². The van der Waals surface area contributed by atoms with Gasteiger partial charge in [0.15, 0.2) is 0 Å². The minimum absolute atomic E-state index is 0.0717. The number of anilines is 2. The van der Waals surface area contributed by atoms with Gasteiger partial charge in [0.1, 0.15) is 11.5 Å². The van der Waals surface area contributed by atoms with Crippen LogP contribution in [0.5, 0.6) is 0 Å². The van der Waals surface area contributed by atoms with Crippen LogP contribution in [0.1, 0.15) is 15.9 Å². The largest absolute Gasteiger partial charge is 0.325 e. The Morgan fingerprint density at radius 3 is 2.20 bits per heavy atom. The zero-order valence-electron chi connectivity index (χ0n) is 20.8. The van der Waals surface area contributed by atoms with Crippen LogP contribution in [0.3, 0.4) is 0 Å². The monoisotopic (exact) mass is 637 g/mol. The van der Waals surface area contributed by atoms with Crippen molar-refractivity contribution in [2.24, 2.45) is 0 Å². The molecule has 3 amide bonds. The van der Waals surface area contributed by atoms with Crippen LogP contribution < -0.4 is 16.0 Å². The second kappa shape index (κ2) is 13.9. The maximum absolute atomic E-state index is 13.3. The SMILES string of the molecule is O=C(CSc1ccc(NC(=O)/C(=C/c2ccc(Br)cc2)NC(=O)c2ccccc2)cc1)Nc1ccc(F)c(Cl)c1. The van der Waals surface area contributed by atoms with Crippen LogP contribution in [0.25, 0.3) is 6.08 Å². The standard InChI is InChI=1S/C30H22BrClFN3O3S/c31-21-8-6-19(7-9-21)16-27(36-29(38)20-4-2-1-3-5-20)30(39)35-22-10-13-24(14-11-22)40-18-28(37)34-23-12-15-26(33)25(32)17-23/h1-17H,18H2,(H,34,37)(H,35,39)(H,36,38)/b27-16-. The topological polar surface area (TPSA) is 87.3 Å². The molecule has 0 saturated heterocycles. The number of hydrogen-bond donors (Lipinski definition) is 3. The fourth-order valence-corrected chi connectivity index (χ4v) is 4.56. The molecule has 0 aliphatic rings. The summed E-state index contributed by atoms with van der Waals surface area (Å²) in [6, 6.07) is 26.8. The highest BCUT2D eigenvalue weighted by atomic mass is 79.9. The Morgan fingerprint density at radius 2 is 1.52 bits per heavy atom. The van der Waals surface area contributed by atoms with E-state index in [0.29, 0.717) is 16.9 Å². The van der Waals surface area contributed by atoms with Gasteiger partial charge >= 0.3 is 0 Å². The van der Waals surface area contributed by atoms with E-state index in [1.54, 1.807) is 60.7 Å². The first-order valence-corrected chi connectivity index (χ1v) is 14.1. The van der Waals surface area contributed by atoms with E-state index in [2.05, 4.69) is 31.9 Å². The lowest BCUT2D eigenvalue weighted by Crippen LogP contribution is -2.30. The van der Waals surface area contributed by atoms with Gasteiger partial charge in [0.2, 0.25) is 5.91 Å². The lowest BCUT2D eigenvalue weighted by Gasteiger charge is -2.12. The number of nitrogens with one attached hydrogen (secondary N) is 3. The predicted octanol–water partition coefficient (Wildman–Crippen LogP) is 7.38. The second-order valence-electron chi connectivity index (χ2n) is 8.37. The summed E-state index contributed by atoms with van der Waals surface area (Å²) >= 11 is 10.4. The average Bonchev–Trinajstić information content (AvgIpc) is 2.96. The molecule has 6 nitrogen and oxygen atoms in total. The highest BCUT2D eigenvalue weighted by Gasteiger charge is 2.15. The second-order valence-corrected chi connectivity index (χ2v) is 10.7. The minimum atomic E-state index is -0.560. The van der Waals surface area contributed by atoms with Crippen LogP contribution in [0.15, 0.2) is 112 Å². The number of carbonyl (C=O) groups excluding carboxylic acids is 3. The van der Waals surface area contributed by atoms with E-state index < -0.39 is 17.6 Å². The van der Waals surface area contributed by atoms with E-state index in [9.17, 15) is 18.8 Å². The van der Waals surface area contributed by atoms with Gasteiger partial charge in [0, 0.05) is 26.3 Å². The summed E-state index contributed by atoms with van der Waals surface area (Å²) < 4.78 is 14.2. The smallest absolute Gasteiger partial charge is 0.272 e. The van der Waals surface area contributed by atoms with Gasteiger partial charge in [-0.1, -0.05) is 57.9 Å². The Morgan fingerprint density at radius 1 is 0.850 bits per heavy atom. The number of carbonyl (C=O) groups is 3. The number of thioether (sulfide) groups is 1. The van der Waals surface area contributed by atoms with Crippen molar-refractivity contribution < 1.29 is 18.8 Å². The van der Waals surface area contributed by atoms with Crippen molar-refractivity contribution in [1.29, 1.82) is 0 Å². The van der Waals surface area contributed by atoms with Crippen molar-refractivity contribution in [1.82, 2.24) is 5.32 Å². The van der Waals surface area contributed by atoms with Crippen molar-refractivity contribution in [3.8, 4) is 0 Å². The lowest BCUT2D eigenvalue weighted by molar-refractivity contribution is -0.114. The van der Waals surface area contributed by atoms with E-state index in [1.165, 1.54) is 30.0 Å². The third kappa shape index (κ3) is 8.54. The van der Waals surface area contributed by atoms with Crippen molar-refractivity contribution in [2.45, 2.75) is 4.90 Å². The third-order valence-corrected chi connectivity index (χ3v) is 7.23. The zero-order chi connectivity index (χ0) is 28.5. The summed E-state index contributed by atoms with van der Waals surface area (Å²) in [7, 11) is 0. The van der Waals surface area contributed by atoms with Gasteiger partial charge < -0.3 is 16.0 Å². The van der Waals surface area contributed by atoms with Crippen LogP contribution in [0.4, 0.5) is 15.8 Å². The molecule has 0 saturated carbocycles. The van der Waals surface area contributed by atoms with Crippen LogP contribution in [0.2, 0.25) is 5.02 Å². The molecular formula is C30H22BrClFN3O3S. The summed E-state index contributed by atoms with van der Waals surface area (Å²) in [5, 5.41) is 8.11. The molecule has 40 heavy (non-hydrogen) atoms. The van der Waals surface area contributed by atoms with Gasteiger partial charge in [-0.25, -0.2) is 4.39 Å². The molecule has 4 aromatic rings. The quantitative estimate of drug-likeness (QED) is 0.132. The fraction of sp³-hybridized carbons (Fsp3) is 0.0333. The predicted molar refractivity (Wildman–Crippen MR) is 162 cm³/mol. The molecule has 0 heterocycles. The Kier molecular flexibility index (Phi) is 10.1. The van der Waals surface area contributed by atoms with Gasteiger partial charge in [0.05, 0.1) is 10.8 Å². The lowest BCUT2D eigenvalue weighted by atomic mass is 10.1. The molecular weight excluding hydrogens is 617 g/mol. The Bertz CT molecular complexity index is 1550. The van der Waals surface area contributed by atoms with Gasteiger partial charge in [-0.2, -0.15) is 0 Å². The fourth-order valence-electron chi connectivity index (χ4n) is 3.42. The van der Waals surface area contributed by atoms with Gasteiger partial charge in [-0.3, -0.25) is 14.4 Å². The molecule has 0 radical (unpaired) electrons. The maximum Gasteiger partial charge on any atom is 0.272 e. The third-order valence-electron chi connectivity index (χ3n) is 5.40. The molecule has 202 valence electrons. The molecule has 0 aromatic heterocycles. The Balaban J connectivity index is 1.39. The summed E-state index contributed by atoms with van der Waals surface area (Å²) in [4.78, 5) is 39.0. The molecule has 4 rings (SSSR count). The van der Waals surface area contributed by atoms with Crippen LogP contribution >= 0.6 is 39.3 Å². The maximum atomic E-state index is 13.3. The van der Waals surface area contributed by atoms with E-state index in [4.69, 9.17) is 11.6 Å². The molecule has 0 bridgehead atoms. The Hall–Kier alpha value is -3.92. The Labute approximate surface area is 248 Å². The van der Waals surface area contributed by atoms with Crippen LogP contribution in [-0.2, 0) is 9.59 Å². The van der Waals surface area contributed by atoms with E-state index in [1.807, 2.05) is 24.3 Å². The molecule has 0 fully saturated rings. The molecule has 3 N–H and O–H groups in total. The van der Waals surface area contributed by atoms with Crippen molar-refractivity contribution in [3.05, 3.63) is 129 Å². The molecule has 4 aromatic carbocycles. The molecule has 0 unspecified atom stereocenters. The number of benzene rings is 4. The number of hydrogen-bond acceptors (Lipinski definition) is 4. The van der Waals surface area contributed by atoms with E-state index in [-0.39, 0.29) is 22.4 Å². The summed E-state index contributed by atoms with van der Waals surface area (Å²) in [6.45, 7) is 0. The van der Waals surface area contributed by atoms with Gasteiger partial charge in [0.25, 0.3) is 11.8 Å². The summed E-state index contributed by atoms with van der Waals surface area (Å²) in [6.07, 6.45) is 1.60. The molecule has 10 heteroatoms. The van der Waals surface area contributed by atoms with Crippen LogP contribution in [-0.4, -0.2) is 23.5 Å². The molecule has 0 aliphatic heterocycles. The van der Waals surface area contributed by atoms with Crippen molar-refractivity contribution >= 4 is 74.5 Å². The zero-order valence-corrected chi connectivity index (χ0v) is 23.9. The van der Waals surface area contributed by atoms with E-state index in [0.717, 1.165) is 14.9 Å². The summed E-state index contributed by atoms with van der Waals surface area (Å²) in [5.74, 6) is -1.62. The average molecular weight is 639 g/mol. The molecule has 0 aliphatic carbocycles. The highest BCUT2D eigenvalue weighted by Crippen LogP contribution is 2.23. The number of halogens is 3. The first-order valence-electron chi connectivity index (χ1n) is 11.9. The molecule has 0 atom stereocenters. The van der Waals surface area contributed by atoms with Crippen molar-refractivity contribution in [3.63, 3.8) is 0 Å². The minimum Gasteiger partial charge on any atom is -0.325 e. The normalized spacial score (nSPS) is 11.0. The summed E-state index contributed by atoms with van der Waals surface area (Å²) in [5.41, 5.74) is 2.14. The molecule has 0 spiro atoms. The van der Waals surface area contributed by atoms with Gasteiger partial charge in [-0.05, 0) is 78.4 Å². The first-order chi connectivity index (χ1) is 19.3. The van der Waals surface area contributed by atoms with Crippen molar-refractivity contribution in [2.75, 3.05) is 16.4 Å². The number of rotatable bonds is 9. The first kappa shape index (κ1) is 29.1.